The fourth-order valence-electron chi connectivity index (χ4n) is 9.01. The van der Waals surface area contributed by atoms with Crippen LogP contribution in [0, 0.1) is 46.8 Å². The molecule has 1 heterocycles. The van der Waals surface area contributed by atoms with Crippen LogP contribution in [0.25, 0.3) is 0 Å². The molecule has 226 valence electrons. The van der Waals surface area contributed by atoms with Crippen LogP contribution >= 0.6 is 0 Å². The Balaban J connectivity index is 1.14. The van der Waals surface area contributed by atoms with Crippen LogP contribution < -0.4 is 4.74 Å². The number of rotatable bonds is 13. The maximum absolute atomic E-state index is 16.2. The van der Waals surface area contributed by atoms with Crippen LogP contribution in [-0.2, 0) is 25.5 Å². The Morgan fingerprint density at radius 1 is 0.975 bits per heavy atom. The smallest absolute Gasteiger partial charge is 0.254 e. The van der Waals surface area contributed by atoms with E-state index in [9.17, 15) is 4.79 Å². The molecule has 0 aromatic carbocycles. The van der Waals surface area contributed by atoms with E-state index in [0.717, 1.165) is 25.2 Å². The molecule has 0 spiro atoms. The number of hydrogen-bond donors (Lipinski definition) is 0. The SMILES string of the molecule is COCCOCCOCCOc1ccn(CC(=O)C2CCC3C4CCC5CC(C)CCC5C4CC(F)(F)C23C)n1. The van der Waals surface area contributed by atoms with E-state index in [2.05, 4.69) is 12.0 Å². The number of carbonyl (C=O) groups is 1. The minimum absolute atomic E-state index is 0.00157. The van der Waals surface area contributed by atoms with E-state index in [1.54, 1.807) is 26.3 Å². The number of halogens is 2. The Hall–Kier alpha value is -1.58. The highest BCUT2D eigenvalue weighted by Crippen LogP contribution is 2.69. The summed E-state index contributed by atoms with van der Waals surface area (Å²) in [5, 5.41) is 4.36. The summed E-state index contributed by atoms with van der Waals surface area (Å²) in [6, 6.07) is 1.70. The summed E-state index contributed by atoms with van der Waals surface area (Å²) in [7, 11) is 1.63. The topological polar surface area (TPSA) is 71.8 Å². The zero-order valence-electron chi connectivity index (χ0n) is 24.5. The number of alkyl halides is 2. The Kier molecular flexibility index (Phi) is 9.52. The minimum Gasteiger partial charge on any atom is -0.474 e. The first-order valence-corrected chi connectivity index (χ1v) is 15.5. The van der Waals surface area contributed by atoms with Gasteiger partial charge in [-0.25, -0.2) is 8.78 Å². The first kappa shape index (κ1) is 29.9. The molecular weight excluding hydrogens is 518 g/mol. The Bertz CT molecular complexity index is 989. The number of carbonyl (C=O) groups excluding carboxylic acids is 1. The van der Waals surface area contributed by atoms with Gasteiger partial charge in [-0.3, -0.25) is 9.48 Å². The molecule has 4 aliphatic carbocycles. The van der Waals surface area contributed by atoms with Crippen LogP contribution in [-0.4, -0.2) is 68.2 Å². The molecule has 0 bridgehead atoms. The van der Waals surface area contributed by atoms with Crippen molar-refractivity contribution in [1.82, 2.24) is 9.78 Å². The van der Waals surface area contributed by atoms with Crippen LogP contribution in [0.3, 0.4) is 0 Å². The largest absolute Gasteiger partial charge is 0.474 e. The number of hydrogen-bond acceptors (Lipinski definition) is 6. The number of Topliss-reactive ketones (excluding diaryl/α,β-unsaturated/α-hetero) is 1. The Morgan fingerprint density at radius 3 is 2.48 bits per heavy atom. The van der Waals surface area contributed by atoms with Gasteiger partial charge in [0, 0.05) is 37.1 Å². The lowest BCUT2D eigenvalue weighted by molar-refractivity contribution is -0.226. The van der Waals surface area contributed by atoms with E-state index >= 15 is 8.78 Å². The van der Waals surface area contributed by atoms with E-state index in [4.69, 9.17) is 18.9 Å². The van der Waals surface area contributed by atoms with Crippen LogP contribution in [0.15, 0.2) is 12.3 Å². The Morgan fingerprint density at radius 2 is 1.70 bits per heavy atom. The zero-order valence-corrected chi connectivity index (χ0v) is 24.5. The fraction of sp³-hybridized carbons (Fsp3) is 0.871. The van der Waals surface area contributed by atoms with Gasteiger partial charge >= 0.3 is 0 Å². The van der Waals surface area contributed by atoms with E-state index in [-0.39, 0.29) is 30.6 Å². The van der Waals surface area contributed by atoms with Crippen molar-refractivity contribution in [2.45, 2.75) is 77.7 Å². The maximum Gasteiger partial charge on any atom is 0.254 e. The molecule has 0 N–H and O–H groups in total. The highest BCUT2D eigenvalue weighted by atomic mass is 19.3. The van der Waals surface area contributed by atoms with Gasteiger partial charge in [-0.1, -0.05) is 20.3 Å². The average Bonchev–Trinajstić information content (AvgIpc) is 3.52. The predicted molar refractivity (Wildman–Crippen MR) is 146 cm³/mol. The van der Waals surface area contributed by atoms with Gasteiger partial charge in [0.15, 0.2) is 5.78 Å². The van der Waals surface area contributed by atoms with Gasteiger partial charge in [-0.2, -0.15) is 0 Å². The number of methoxy groups -OCH3 is 1. The third-order valence-corrected chi connectivity index (χ3v) is 10.9. The Labute approximate surface area is 237 Å². The summed E-state index contributed by atoms with van der Waals surface area (Å²) in [5.41, 5.74) is -1.27. The molecule has 7 nitrogen and oxygen atoms in total. The molecule has 1 aromatic rings. The van der Waals surface area contributed by atoms with Gasteiger partial charge in [-0.15, -0.1) is 5.10 Å². The normalized spacial score (nSPS) is 36.5. The highest BCUT2D eigenvalue weighted by Gasteiger charge is 2.69. The summed E-state index contributed by atoms with van der Waals surface area (Å²) in [5.74, 6) is -1.03. The molecule has 40 heavy (non-hydrogen) atoms. The number of ether oxygens (including phenoxy) is 4. The molecule has 4 saturated carbocycles. The first-order valence-electron chi connectivity index (χ1n) is 15.5. The van der Waals surface area contributed by atoms with Gasteiger partial charge in [0.2, 0.25) is 5.88 Å². The molecular formula is C31H48F2N2O5. The molecule has 4 aliphatic rings. The molecule has 9 heteroatoms. The van der Waals surface area contributed by atoms with Crippen molar-refractivity contribution in [2.75, 3.05) is 46.8 Å². The minimum atomic E-state index is -2.83. The van der Waals surface area contributed by atoms with E-state index in [1.807, 2.05) is 0 Å². The molecule has 8 unspecified atom stereocenters. The lowest BCUT2D eigenvalue weighted by Crippen LogP contribution is -2.59. The van der Waals surface area contributed by atoms with Gasteiger partial charge in [0.25, 0.3) is 5.92 Å². The van der Waals surface area contributed by atoms with Crippen molar-refractivity contribution >= 4 is 5.78 Å². The third-order valence-electron chi connectivity index (χ3n) is 10.9. The fourth-order valence-corrected chi connectivity index (χ4v) is 9.01. The standard InChI is InChI=1S/C31H48F2N2O5/c1-21-4-6-23-22(18-21)5-7-24-25(23)19-31(32,33)30(2)26(24)8-9-27(30)28(36)20-35-11-10-29(34-35)40-17-16-39-15-14-38-13-12-37-3/h10-11,21-27H,4-9,12-20H2,1-3H3. The van der Waals surface area contributed by atoms with Gasteiger partial charge in [0.05, 0.1) is 39.6 Å². The van der Waals surface area contributed by atoms with Crippen molar-refractivity contribution in [3.63, 3.8) is 0 Å². The molecule has 8 atom stereocenters. The van der Waals surface area contributed by atoms with Crippen molar-refractivity contribution in [1.29, 1.82) is 0 Å². The molecule has 0 amide bonds. The van der Waals surface area contributed by atoms with Crippen molar-refractivity contribution in [3.05, 3.63) is 12.3 Å². The van der Waals surface area contributed by atoms with Crippen molar-refractivity contribution < 1.29 is 32.5 Å². The molecule has 0 saturated heterocycles. The quantitative estimate of drug-likeness (QED) is 0.287. The predicted octanol–water partition coefficient (Wildman–Crippen LogP) is 5.66. The number of ketones is 1. The zero-order chi connectivity index (χ0) is 28.3. The highest BCUT2D eigenvalue weighted by molar-refractivity contribution is 5.82. The first-order chi connectivity index (χ1) is 19.2. The molecule has 0 radical (unpaired) electrons. The third kappa shape index (κ3) is 5.98. The van der Waals surface area contributed by atoms with Crippen molar-refractivity contribution in [3.8, 4) is 5.88 Å². The van der Waals surface area contributed by atoms with Gasteiger partial charge < -0.3 is 18.9 Å². The summed E-state index contributed by atoms with van der Waals surface area (Å²) >= 11 is 0. The summed E-state index contributed by atoms with van der Waals surface area (Å²) in [6.07, 6.45) is 8.66. The molecule has 4 fully saturated rings. The number of aromatic nitrogens is 2. The number of fused-ring (bicyclic) bond motifs is 5. The number of nitrogens with zero attached hydrogens (tertiary/aromatic N) is 2. The van der Waals surface area contributed by atoms with Crippen LogP contribution in [0.2, 0.25) is 0 Å². The van der Waals surface area contributed by atoms with E-state index < -0.39 is 17.3 Å². The second-order valence-corrected chi connectivity index (χ2v) is 13.1. The maximum atomic E-state index is 16.2. The van der Waals surface area contributed by atoms with Crippen LogP contribution in [0.4, 0.5) is 8.78 Å². The van der Waals surface area contributed by atoms with Gasteiger partial charge in [-0.05, 0) is 74.0 Å². The second-order valence-electron chi connectivity index (χ2n) is 13.1. The van der Waals surface area contributed by atoms with Crippen LogP contribution in [0.1, 0.15) is 65.2 Å². The lowest BCUT2D eigenvalue weighted by Gasteiger charge is -2.58. The average molecular weight is 567 g/mol. The summed E-state index contributed by atoms with van der Waals surface area (Å²) in [6.45, 7) is 6.79. The summed E-state index contributed by atoms with van der Waals surface area (Å²) < 4.78 is 55.3. The second kappa shape index (κ2) is 12.7. The monoisotopic (exact) mass is 566 g/mol. The molecule has 1 aromatic heterocycles. The van der Waals surface area contributed by atoms with E-state index in [0.29, 0.717) is 69.7 Å². The lowest BCUT2D eigenvalue weighted by atomic mass is 9.48. The van der Waals surface area contributed by atoms with Crippen molar-refractivity contribution in [2.24, 2.45) is 46.8 Å². The molecule has 0 aliphatic heterocycles. The van der Waals surface area contributed by atoms with Gasteiger partial charge in [0.1, 0.15) is 6.61 Å². The molecule has 5 rings (SSSR count). The van der Waals surface area contributed by atoms with E-state index in [1.165, 1.54) is 23.9 Å². The van der Waals surface area contributed by atoms with Crippen LogP contribution in [0.5, 0.6) is 5.88 Å². The summed E-state index contributed by atoms with van der Waals surface area (Å²) in [4.78, 5) is 13.5.